The van der Waals surface area contributed by atoms with Crippen molar-refractivity contribution in [2.24, 2.45) is 0 Å². The minimum atomic E-state index is -0.215. The van der Waals surface area contributed by atoms with Crippen molar-refractivity contribution in [1.82, 2.24) is 9.13 Å². The van der Waals surface area contributed by atoms with Gasteiger partial charge >= 0.3 is 0 Å². The van der Waals surface area contributed by atoms with Crippen LogP contribution in [0.2, 0.25) is 0 Å². The van der Waals surface area contributed by atoms with Crippen LogP contribution in [0.15, 0.2) is 352 Å². The molecule has 16 aromatic carbocycles. The zero-order valence-corrected chi connectivity index (χ0v) is 71.2. The van der Waals surface area contributed by atoms with Gasteiger partial charge in [-0.1, -0.05) is 325 Å². The van der Waals surface area contributed by atoms with Gasteiger partial charge in [0, 0.05) is 61.4 Å². The molecule has 0 saturated carbocycles. The maximum absolute atomic E-state index is 2.65. The van der Waals surface area contributed by atoms with E-state index < -0.39 is 0 Å². The fraction of sp³-hybridized carbons (Fsp3) is 0.172. The number of fused-ring (bicyclic) bond motifs is 12. The van der Waals surface area contributed by atoms with Gasteiger partial charge in [0.05, 0.1) is 27.8 Å². The summed E-state index contributed by atoms with van der Waals surface area (Å²) in [5.41, 5.74) is 41.4. The maximum Gasteiger partial charge on any atom is 0.252 e. The average Bonchev–Trinajstić information content (AvgIpc) is 1.61. The Morgan fingerprint density at radius 1 is 0.231 bits per heavy atom. The molecule has 0 bridgehead atoms. The van der Waals surface area contributed by atoms with E-state index in [2.05, 4.69) is 447 Å². The Bertz CT molecular complexity index is 7000. The lowest BCUT2D eigenvalue weighted by atomic mass is 9.33. The van der Waals surface area contributed by atoms with Gasteiger partial charge in [0.1, 0.15) is 0 Å². The molecule has 0 amide bonds. The molecule has 5 heteroatoms. The zero-order valence-electron chi connectivity index (χ0n) is 71.2. The molecule has 2 aromatic heterocycles. The van der Waals surface area contributed by atoms with Gasteiger partial charge in [0.2, 0.25) is 0 Å². The van der Waals surface area contributed by atoms with E-state index in [-0.39, 0.29) is 33.8 Å². The molecule has 4 nitrogen and oxygen atoms in total. The number of anilines is 6. The van der Waals surface area contributed by atoms with E-state index in [0.29, 0.717) is 0 Å². The largest absolute Gasteiger partial charge is 0.311 e. The summed E-state index contributed by atoms with van der Waals surface area (Å²) >= 11 is 0. The van der Waals surface area contributed by atoms with E-state index in [0.717, 1.165) is 80.4 Å². The molecule has 0 fully saturated rings. The van der Waals surface area contributed by atoms with Crippen LogP contribution in [-0.2, 0) is 27.1 Å². The summed E-state index contributed by atoms with van der Waals surface area (Å²) in [6.45, 7) is 26.2. The van der Waals surface area contributed by atoms with Crippen LogP contribution in [0.3, 0.4) is 0 Å². The van der Waals surface area contributed by atoms with Crippen LogP contribution in [0.25, 0.3) is 133 Å². The van der Waals surface area contributed by atoms with Gasteiger partial charge in [0.15, 0.2) is 0 Å². The number of hydrogen-bond acceptors (Lipinski definition) is 2. The van der Waals surface area contributed by atoms with Crippen LogP contribution in [0.4, 0.5) is 34.1 Å². The van der Waals surface area contributed by atoms with Crippen molar-refractivity contribution in [3.05, 3.63) is 380 Å². The minimum Gasteiger partial charge on any atom is -0.311 e. The highest BCUT2D eigenvalue weighted by atomic mass is 15.2. The van der Waals surface area contributed by atoms with E-state index in [1.165, 1.54) is 156 Å². The predicted molar refractivity (Wildman–Crippen MR) is 516 cm³/mol. The van der Waals surface area contributed by atoms with E-state index in [1.807, 2.05) is 0 Å². The number of rotatable bonds is 11. The van der Waals surface area contributed by atoms with Crippen molar-refractivity contribution < 1.29 is 0 Å². The lowest BCUT2D eigenvalue weighted by molar-refractivity contribution is 0.332. The smallest absolute Gasteiger partial charge is 0.252 e. The second-order valence-electron chi connectivity index (χ2n) is 38.6. The summed E-state index contributed by atoms with van der Waals surface area (Å²) in [5.74, 6) is 0. The normalized spacial score (nSPS) is 15.3. The zero-order chi connectivity index (χ0) is 82.2. The SMILES string of the molecule is CC(C)(C)c1ccc(-c2ccc3c(c2)N(c2ccc(-c4ccc5c(c4)C(C)(C)CCC5(C)C)cc2)c2cc(-n4c5ccc(-c6ccccc6)cc5c5cc(-c6ccccc6)ccc54)cc4c2B3c2ccc(-n3c5ccc(-c6ccccc6)cc5c5cc(-c6ccccc6)ccc53)cc2N4c2ccc(-c3ccc4c(c3)C(C)(C)CCC4(C)C)cc2)cc1. The van der Waals surface area contributed by atoms with Crippen LogP contribution >= 0.6 is 0 Å². The standard InChI is InChI=1S/C116H99BN4/c1-112(2,3)88-45-32-78(33-46-88)87-40-54-101-107(70-87)118(89-47-34-79(35-48-89)85-38-52-97-99(68-85)115(8,9)62-60-113(97,4)5)109-72-92(121-105-58-43-83(76-28-20-14-21-29-76)66-95(105)96-67-84(44-59-106(96)121)77-30-22-15-23-31-77)73-110-111(109)117(101)102-55-51-91(71-108(102)119(110)90-49-36-80(37-50-90)86-39-53-98-100(69-86)116(10,11)63-61-114(98,6)7)120-103-56-41-81(74-24-16-12-17-25-74)64-93(103)94-65-82(42-57-104(94)120)75-26-18-13-19-27-75/h12-59,64-73H,60-63H2,1-11H3. The number of nitrogens with zero attached hydrogens (tertiary/aromatic N) is 4. The molecule has 0 radical (unpaired) electrons. The molecule has 4 heterocycles. The molecule has 121 heavy (non-hydrogen) atoms. The molecular weight excluding hydrogens is 1460 g/mol. The Labute approximate surface area is 712 Å². The van der Waals surface area contributed by atoms with E-state index in [9.17, 15) is 0 Å². The summed E-state index contributed by atoms with van der Waals surface area (Å²) in [6.07, 6.45) is 4.65. The highest BCUT2D eigenvalue weighted by Gasteiger charge is 2.46. The lowest BCUT2D eigenvalue weighted by Gasteiger charge is -2.44. The Kier molecular flexibility index (Phi) is 17.0. The molecule has 0 unspecified atom stereocenters. The van der Waals surface area contributed by atoms with Gasteiger partial charge in [-0.3, -0.25) is 0 Å². The van der Waals surface area contributed by atoms with Crippen LogP contribution in [0.1, 0.15) is 130 Å². The summed E-state index contributed by atoms with van der Waals surface area (Å²) in [6, 6.07) is 135. The number of hydrogen-bond donors (Lipinski definition) is 0. The lowest BCUT2D eigenvalue weighted by Crippen LogP contribution is -2.61. The fourth-order valence-electron chi connectivity index (χ4n) is 21.1. The van der Waals surface area contributed by atoms with Crippen LogP contribution < -0.4 is 26.2 Å². The van der Waals surface area contributed by atoms with E-state index >= 15 is 0 Å². The summed E-state index contributed by atoms with van der Waals surface area (Å²) in [4.78, 5) is 5.30. The third kappa shape index (κ3) is 12.3. The molecule has 0 spiro atoms. The van der Waals surface area contributed by atoms with Crippen molar-refractivity contribution in [3.63, 3.8) is 0 Å². The highest BCUT2D eigenvalue weighted by molar-refractivity contribution is 7.00. The summed E-state index contributed by atoms with van der Waals surface area (Å²) < 4.78 is 5.13. The summed E-state index contributed by atoms with van der Waals surface area (Å²) in [5, 5.41) is 4.81. The molecule has 586 valence electrons. The molecular formula is C116H99BN4. The van der Waals surface area contributed by atoms with Crippen molar-refractivity contribution >= 4 is 101 Å². The van der Waals surface area contributed by atoms with Gasteiger partial charge in [-0.2, -0.15) is 0 Å². The quantitative estimate of drug-likeness (QED) is 0.120. The summed E-state index contributed by atoms with van der Waals surface area (Å²) in [7, 11) is 0. The monoisotopic (exact) mass is 1560 g/mol. The van der Waals surface area contributed by atoms with Crippen LogP contribution in [-0.4, -0.2) is 15.8 Å². The van der Waals surface area contributed by atoms with Gasteiger partial charge in [0.25, 0.3) is 6.71 Å². The van der Waals surface area contributed by atoms with Crippen molar-refractivity contribution in [2.45, 2.75) is 129 Å². The van der Waals surface area contributed by atoms with Gasteiger partial charge in [-0.15, -0.1) is 0 Å². The molecule has 18 aromatic rings. The Balaban J connectivity index is 0.829. The first kappa shape index (κ1) is 74.1. The molecule has 2 aliphatic heterocycles. The first-order valence-corrected chi connectivity index (χ1v) is 43.6. The van der Waals surface area contributed by atoms with E-state index in [4.69, 9.17) is 0 Å². The van der Waals surface area contributed by atoms with Crippen LogP contribution in [0.5, 0.6) is 0 Å². The first-order chi connectivity index (χ1) is 58.6. The second-order valence-corrected chi connectivity index (χ2v) is 38.6. The third-order valence-electron chi connectivity index (χ3n) is 28.2. The third-order valence-corrected chi connectivity index (χ3v) is 28.2. The molecule has 0 N–H and O–H groups in total. The van der Waals surface area contributed by atoms with Gasteiger partial charge in [-0.25, -0.2) is 0 Å². The van der Waals surface area contributed by atoms with Gasteiger partial charge < -0.3 is 18.9 Å². The second kappa shape index (κ2) is 27.7. The number of benzene rings is 16. The minimum absolute atomic E-state index is 0.00682. The van der Waals surface area contributed by atoms with Crippen molar-refractivity contribution in [3.8, 4) is 89.3 Å². The molecule has 2 aliphatic carbocycles. The molecule has 4 aliphatic rings. The molecule has 22 rings (SSSR count). The highest BCUT2D eigenvalue weighted by Crippen LogP contribution is 2.53. The molecule has 0 atom stereocenters. The van der Waals surface area contributed by atoms with Crippen molar-refractivity contribution in [2.75, 3.05) is 9.80 Å². The Morgan fingerprint density at radius 2 is 0.504 bits per heavy atom. The molecule has 0 saturated heterocycles. The predicted octanol–water partition coefficient (Wildman–Crippen LogP) is 29.6. The van der Waals surface area contributed by atoms with Gasteiger partial charge in [-0.05, 0) is 278 Å². The topological polar surface area (TPSA) is 16.3 Å². The first-order valence-electron chi connectivity index (χ1n) is 43.6. The maximum atomic E-state index is 2.65. The Morgan fingerprint density at radius 3 is 0.876 bits per heavy atom. The van der Waals surface area contributed by atoms with Crippen LogP contribution in [0, 0.1) is 0 Å². The van der Waals surface area contributed by atoms with E-state index in [1.54, 1.807) is 0 Å². The average molecular weight is 1560 g/mol. The Hall–Kier alpha value is -13.2. The number of aromatic nitrogens is 2. The fourth-order valence-corrected chi connectivity index (χ4v) is 21.1. The van der Waals surface area contributed by atoms with Crippen molar-refractivity contribution in [1.29, 1.82) is 0 Å².